The quantitative estimate of drug-likeness (QED) is 0.382. The van der Waals surface area contributed by atoms with E-state index in [1.165, 1.54) is 19.1 Å². The van der Waals surface area contributed by atoms with Gasteiger partial charge in [0.1, 0.15) is 5.75 Å². The molecule has 0 aliphatic carbocycles. The number of nitrogens with zero attached hydrogens (tertiary/aromatic N) is 1. The predicted molar refractivity (Wildman–Crippen MR) is 116 cm³/mol. The fourth-order valence-corrected chi connectivity index (χ4v) is 3.81. The number of amides is 1. The van der Waals surface area contributed by atoms with Crippen molar-refractivity contribution >= 4 is 47.0 Å². The molecule has 0 spiro atoms. The molecular formula is C22H20ClNO4S. The van der Waals surface area contributed by atoms with Gasteiger partial charge in [0.2, 0.25) is 0 Å². The number of esters is 1. The molecule has 29 heavy (non-hydrogen) atoms. The van der Waals surface area contributed by atoms with Crippen molar-refractivity contribution in [3.8, 4) is 5.75 Å². The first kappa shape index (κ1) is 21.0. The van der Waals surface area contributed by atoms with Gasteiger partial charge in [-0.1, -0.05) is 23.7 Å². The van der Waals surface area contributed by atoms with Crippen molar-refractivity contribution in [3.63, 3.8) is 0 Å². The molecular weight excluding hydrogens is 410 g/mol. The normalized spacial score (nSPS) is 15.3. The van der Waals surface area contributed by atoms with Crippen LogP contribution in [0, 0.1) is 0 Å². The van der Waals surface area contributed by atoms with Crippen LogP contribution in [0.25, 0.3) is 6.08 Å². The van der Waals surface area contributed by atoms with E-state index >= 15 is 0 Å². The Balaban J connectivity index is 2.10. The first-order valence-corrected chi connectivity index (χ1v) is 10.3. The lowest BCUT2D eigenvalue weighted by Gasteiger charge is -2.19. The number of hydrogen-bond acceptors (Lipinski definition) is 5. The second kappa shape index (κ2) is 8.76. The summed E-state index contributed by atoms with van der Waals surface area (Å²) in [4.78, 5) is 28.3. The molecule has 0 fully saturated rings. The summed E-state index contributed by atoms with van der Waals surface area (Å²) in [6.07, 6.45) is 3.70. The van der Waals surface area contributed by atoms with E-state index in [-0.39, 0.29) is 17.1 Å². The van der Waals surface area contributed by atoms with E-state index in [4.69, 9.17) is 21.1 Å². The molecule has 1 amide bonds. The number of carbonyl (C=O) groups is 2. The van der Waals surface area contributed by atoms with Crippen LogP contribution in [0.2, 0.25) is 5.02 Å². The topological polar surface area (TPSA) is 55.8 Å². The highest BCUT2D eigenvalue weighted by atomic mass is 35.5. The third-order valence-electron chi connectivity index (χ3n) is 4.61. The van der Waals surface area contributed by atoms with E-state index in [1.807, 2.05) is 30.5 Å². The van der Waals surface area contributed by atoms with E-state index in [2.05, 4.69) is 0 Å². The summed E-state index contributed by atoms with van der Waals surface area (Å²) in [6.45, 7) is 1.71. The summed E-state index contributed by atoms with van der Waals surface area (Å²) in [5.41, 5.74) is 2.35. The average molecular weight is 430 g/mol. The molecule has 0 atom stereocenters. The van der Waals surface area contributed by atoms with Crippen LogP contribution in [0.1, 0.15) is 12.5 Å². The molecule has 0 N–H and O–H groups in total. The lowest BCUT2D eigenvalue weighted by molar-refractivity contribution is -0.136. The molecule has 0 aromatic heterocycles. The third-order valence-corrected chi connectivity index (χ3v) is 5.65. The summed E-state index contributed by atoms with van der Waals surface area (Å²) in [5.74, 6) is -0.385. The SMILES string of the molecule is COC(=O)C1=C(C)N(c2ccc(OC)c(Cl)c2)C(=O)/C1=C/c1ccc(SC)cc1. The summed E-state index contributed by atoms with van der Waals surface area (Å²) in [7, 11) is 2.82. The highest BCUT2D eigenvalue weighted by Gasteiger charge is 2.38. The van der Waals surface area contributed by atoms with Crippen LogP contribution in [-0.4, -0.2) is 32.4 Å². The van der Waals surface area contributed by atoms with Crippen molar-refractivity contribution in [2.45, 2.75) is 11.8 Å². The van der Waals surface area contributed by atoms with Gasteiger partial charge in [-0.2, -0.15) is 0 Å². The molecule has 3 rings (SSSR count). The van der Waals surface area contributed by atoms with Gasteiger partial charge in [0, 0.05) is 10.6 Å². The molecule has 2 aromatic carbocycles. The second-order valence-corrected chi connectivity index (χ2v) is 7.53. The van der Waals surface area contributed by atoms with Gasteiger partial charge in [-0.3, -0.25) is 9.69 Å². The van der Waals surface area contributed by atoms with Crippen molar-refractivity contribution in [2.75, 3.05) is 25.4 Å². The molecule has 0 unspecified atom stereocenters. The van der Waals surface area contributed by atoms with E-state index in [9.17, 15) is 9.59 Å². The maximum absolute atomic E-state index is 13.3. The molecule has 1 aliphatic rings. The van der Waals surface area contributed by atoms with Crippen molar-refractivity contribution in [1.29, 1.82) is 0 Å². The monoisotopic (exact) mass is 429 g/mol. The van der Waals surface area contributed by atoms with Gasteiger partial charge in [0.15, 0.2) is 0 Å². The summed E-state index contributed by atoms with van der Waals surface area (Å²) in [6, 6.07) is 12.8. The van der Waals surface area contributed by atoms with Crippen molar-refractivity contribution in [2.24, 2.45) is 0 Å². The minimum Gasteiger partial charge on any atom is -0.495 e. The number of ether oxygens (including phenoxy) is 2. The summed E-state index contributed by atoms with van der Waals surface area (Å²) >= 11 is 7.87. The number of hydrogen-bond donors (Lipinski definition) is 0. The minimum absolute atomic E-state index is 0.235. The Labute approximate surface area is 178 Å². The number of carbonyl (C=O) groups excluding carboxylic acids is 2. The fraction of sp³-hybridized carbons (Fsp3) is 0.182. The Morgan fingerprint density at radius 2 is 1.83 bits per heavy atom. The first-order valence-electron chi connectivity index (χ1n) is 8.74. The zero-order valence-electron chi connectivity index (χ0n) is 16.5. The van der Waals surface area contributed by atoms with Crippen molar-refractivity contribution < 1.29 is 19.1 Å². The molecule has 2 aromatic rings. The Morgan fingerprint density at radius 3 is 2.38 bits per heavy atom. The minimum atomic E-state index is -0.565. The number of anilines is 1. The first-order chi connectivity index (χ1) is 13.9. The number of allylic oxidation sites excluding steroid dienone is 1. The van der Waals surface area contributed by atoms with Gasteiger partial charge in [-0.25, -0.2) is 4.79 Å². The van der Waals surface area contributed by atoms with Gasteiger partial charge in [0.05, 0.1) is 36.1 Å². The highest BCUT2D eigenvalue weighted by Crippen LogP contribution is 2.38. The van der Waals surface area contributed by atoms with E-state index in [0.29, 0.717) is 22.2 Å². The van der Waals surface area contributed by atoms with Crippen LogP contribution in [0.15, 0.2) is 64.2 Å². The summed E-state index contributed by atoms with van der Waals surface area (Å²) < 4.78 is 10.1. The molecule has 1 heterocycles. The van der Waals surface area contributed by atoms with E-state index < -0.39 is 5.97 Å². The lowest BCUT2D eigenvalue weighted by atomic mass is 10.0. The Morgan fingerprint density at radius 1 is 1.14 bits per heavy atom. The van der Waals surface area contributed by atoms with Crippen molar-refractivity contribution in [3.05, 3.63) is 69.9 Å². The van der Waals surface area contributed by atoms with Gasteiger partial charge in [-0.15, -0.1) is 11.8 Å². The highest BCUT2D eigenvalue weighted by molar-refractivity contribution is 7.98. The zero-order chi connectivity index (χ0) is 21.1. The summed E-state index contributed by atoms with van der Waals surface area (Å²) in [5, 5.41) is 0.371. The van der Waals surface area contributed by atoms with Crippen LogP contribution in [-0.2, 0) is 14.3 Å². The van der Waals surface area contributed by atoms with Crippen LogP contribution in [0.3, 0.4) is 0 Å². The molecule has 0 saturated heterocycles. The second-order valence-electron chi connectivity index (χ2n) is 6.24. The molecule has 0 radical (unpaired) electrons. The zero-order valence-corrected chi connectivity index (χ0v) is 18.1. The molecule has 150 valence electrons. The van der Waals surface area contributed by atoms with E-state index in [1.54, 1.807) is 43.0 Å². The molecule has 5 nitrogen and oxygen atoms in total. The number of rotatable bonds is 5. The largest absolute Gasteiger partial charge is 0.495 e. The van der Waals surface area contributed by atoms with Crippen LogP contribution in [0.5, 0.6) is 5.75 Å². The molecule has 7 heteroatoms. The Bertz CT molecular complexity index is 1030. The van der Waals surface area contributed by atoms with Gasteiger partial charge >= 0.3 is 5.97 Å². The third kappa shape index (κ3) is 4.04. The molecule has 0 saturated carbocycles. The lowest BCUT2D eigenvalue weighted by Crippen LogP contribution is -2.24. The molecule has 1 aliphatic heterocycles. The number of benzene rings is 2. The molecule has 0 bridgehead atoms. The Kier molecular flexibility index (Phi) is 6.35. The van der Waals surface area contributed by atoms with Crippen molar-refractivity contribution in [1.82, 2.24) is 0 Å². The maximum atomic E-state index is 13.3. The van der Waals surface area contributed by atoms with Gasteiger partial charge in [-0.05, 0) is 55.2 Å². The van der Waals surface area contributed by atoms with Gasteiger partial charge < -0.3 is 9.47 Å². The average Bonchev–Trinajstić information content (AvgIpc) is 2.97. The standard InChI is InChI=1S/C22H20ClNO4S/c1-13-20(22(26)28-3)17(11-14-5-8-16(29-4)9-6-14)21(25)24(13)15-7-10-19(27-2)18(23)12-15/h5-12H,1-4H3/b17-11+. The number of methoxy groups -OCH3 is 2. The van der Waals surface area contributed by atoms with Crippen LogP contribution < -0.4 is 9.64 Å². The fourth-order valence-electron chi connectivity index (χ4n) is 3.15. The van der Waals surface area contributed by atoms with Crippen LogP contribution in [0.4, 0.5) is 5.69 Å². The van der Waals surface area contributed by atoms with Crippen LogP contribution >= 0.6 is 23.4 Å². The predicted octanol–water partition coefficient (Wildman–Crippen LogP) is 4.95. The van der Waals surface area contributed by atoms with E-state index in [0.717, 1.165) is 10.5 Å². The number of halogens is 1. The smallest absolute Gasteiger partial charge is 0.340 e. The Hall–Kier alpha value is -2.70. The maximum Gasteiger partial charge on any atom is 0.340 e. The number of thioether (sulfide) groups is 1. The van der Waals surface area contributed by atoms with Gasteiger partial charge in [0.25, 0.3) is 5.91 Å².